The highest BCUT2D eigenvalue weighted by atomic mass is 19.1. The van der Waals surface area contributed by atoms with E-state index in [1.165, 1.54) is 12.2 Å². The maximum absolute atomic E-state index is 13.3. The van der Waals surface area contributed by atoms with Crippen LogP contribution in [-0.4, -0.2) is 17.7 Å². The number of hydrogen-bond donors (Lipinski definition) is 1. The molecule has 0 amide bonds. The van der Waals surface area contributed by atoms with E-state index < -0.39 is 24.2 Å². The molecular formula is C13H14F2O3. The minimum absolute atomic E-state index is 0.0405. The summed E-state index contributed by atoms with van der Waals surface area (Å²) < 4.78 is 31.3. The van der Waals surface area contributed by atoms with Gasteiger partial charge in [0, 0.05) is 5.56 Å². The number of ether oxygens (including phenoxy) is 1. The lowest BCUT2D eigenvalue weighted by Gasteiger charge is -2.03. The van der Waals surface area contributed by atoms with Crippen molar-refractivity contribution in [1.82, 2.24) is 0 Å². The van der Waals surface area contributed by atoms with Crippen LogP contribution in [0.4, 0.5) is 8.78 Å². The lowest BCUT2D eigenvalue weighted by molar-refractivity contribution is -0.142. The minimum Gasteiger partial charge on any atom is -0.466 e. The van der Waals surface area contributed by atoms with Gasteiger partial charge < -0.3 is 9.84 Å². The van der Waals surface area contributed by atoms with Crippen LogP contribution in [0, 0.1) is 11.6 Å². The van der Waals surface area contributed by atoms with Gasteiger partial charge in [-0.15, -0.1) is 0 Å². The summed E-state index contributed by atoms with van der Waals surface area (Å²) in [7, 11) is 0. The molecule has 0 aromatic heterocycles. The van der Waals surface area contributed by atoms with Crippen molar-refractivity contribution in [3.63, 3.8) is 0 Å². The van der Waals surface area contributed by atoms with Crippen LogP contribution < -0.4 is 0 Å². The fraction of sp³-hybridized carbons (Fsp3) is 0.308. The van der Waals surface area contributed by atoms with Gasteiger partial charge in [-0.1, -0.05) is 12.2 Å². The molecule has 0 radical (unpaired) electrons. The summed E-state index contributed by atoms with van der Waals surface area (Å²) in [5.41, 5.74) is -0.0796. The van der Waals surface area contributed by atoms with Crippen molar-refractivity contribution >= 4 is 12.0 Å². The fourth-order valence-electron chi connectivity index (χ4n) is 1.38. The van der Waals surface area contributed by atoms with Crippen LogP contribution in [0.2, 0.25) is 0 Å². The van der Waals surface area contributed by atoms with Crippen molar-refractivity contribution in [2.75, 3.05) is 6.61 Å². The van der Waals surface area contributed by atoms with Gasteiger partial charge in [-0.2, -0.15) is 0 Å². The molecule has 0 heterocycles. The molecule has 0 aliphatic heterocycles. The van der Waals surface area contributed by atoms with E-state index in [0.717, 1.165) is 12.1 Å². The molecule has 5 heteroatoms. The molecular weight excluding hydrogens is 242 g/mol. The number of carbonyl (C=O) groups excluding carboxylic acids is 1. The fourth-order valence-corrected chi connectivity index (χ4v) is 1.38. The Bertz CT molecular complexity index is 433. The third-order valence-electron chi connectivity index (χ3n) is 2.22. The number of carbonyl (C=O) groups is 1. The first-order valence-electron chi connectivity index (χ1n) is 5.49. The van der Waals surface area contributed by atoms with Gasteiger partial charge in [-0.25, -0.2) is 8.78 Å². The maximum atomic E-state index is 13.3. The number of aliphatic hydroxyl groups is 1. The van der Waals surface area contributed by atoms with E-state index in [-0.39, 0.29) is 17.5 Å². The number of rotatable bonds is 5. The molecule has 0 aliphatic rings. The molecule has 3 nitrogen and oxygen atoms in total. The summed E-state index contributed by atoms with van der Waals surface area (Å²) in [5.74, 6) is -2.02. The Labute approximate surface area is 104 Å². The molecule has 0 unspecified atom stereocenters. The Kier molecular flexibility index (Phi) is 5.45. The molecule has 0 aliphatic carbocycles. The highest BCUT2D eigenvalue weighted by molar-refractivity contribution is 5.72. The zero-order valence-electron chi connectivity index (χ0n) is 9.95. The van der Waals surface area contributed by atoms with Crippen LogP contribution in [0.1, 0.15) is 24.5 Å². The summed E-state index contributed by atoms with van der Waals surface area (Å²) in [6.07, 6.45) is 2.92. The maximum Gasteiger partial charge on any atom is 0.309 e. The Morgan fingerprint density at radius 3 is 2.50 bits per heavy atom. The van der Waals surface area contributed by atoms with Crippen molar-refractivity contribution in [3.8, 4) is 0 Å². The monoisotopic (exact) mass is 256 g/mol. The van der Waals surface area contributed by atoms with Gasteiger partial charge in [0.1, 0.15) is 11.6 Å². The van der Waals surface area contributed by atoms with Gasteiger partial charge in [0.25, 0.3) is 0 Å². The van der Waals surface area contributed by atoms with Crippen molar-refractivity contribution in [2.24, 2.45) is 0 Å². The van der Waals surface area contributed by atoms with E-state index in [4.69, 9.17) is 9.84 Å². The smallest absolute Gasteiger partial charge is 0.309 e. The standard InChI is InChI=1S/C13H14F2O3/c1-2-18-13(17)5-3-4-9-6-11(14)10(8-16)12(15)7-9/h3-4,6-7,16H,2,5,8H2,1H3. The largest absolute Gasteiger partial charge is 0.466 e. The number of esters is 1. The molecule has 1 rings (SSSR count). The van der Waals surface area contributed by atoms with E-state index in [0.29, 0.717) is 6.61 Å². The first-order valence-corrected chi connectivity index (χ1v) is 5.49. The summed E-state index contributed by atoms with van der Waals surface area (Å²) in [6.45, 7) is 1.30. The molecule has 0 saturated carbocycles. The SMILES string of the molecule is CCOC(=O)CC=Cc1cc(F)c(CO)c(F)c1. The third kappa shape index (κ3) is 3.92. The van der Waals surface area contributed by atoms with Gasteiger partial charge >= 0.3 is 5.97 Å². The molecule has 0 bridgehead atoms. The van der Waals surface area contributed by atoms with E-state index in [1.807, 2.05) is 0 Å². The van der Waals surface area contributed by atoms with Gasteiger partial charge in [-0.3, -0.25) is 4.79 Å². The second-order valence-corrected chi connectivity index (χ2v) is 3.53. The van der Waals surface area contributed by atoms with Crippen LogP contribution in [0.5, 0.6) is 0 Å². The van der Waals surface area contributed by atoms with E-state index in [2.05, 4.69) is 0 Å². The first kappa shape index (κ1) is 14.3. The number of aliphatic hydroxyl groups excluding tert-OH is 1. The predicted molar refractivity (Wildman–Crippen MR) is 62.6 cm³/mol. The Balaban J connectivity index is 2.74. The van der Waals surface area contributed by atoms with Crippen LogP contribution in [-0.2, 0) is 16.1 Å². The molecule has 1 aromatic carbocycles. The number of hydrogen-bond acceptors (Lipinski definition) is 3. The number of benzene rings is 1. The molecule has 18 heavy (non-hydrogen) atoms. The zero-order valence-corrected chi connectivity index (χ0v) is 9.95. The first-order chi connectivity index (χ1) is 8.58. The summed E-state index contributed by atoms with van der Waals surface area (Å²) in [4.78, 5) is 11.0. The summed E-state index contributed by atoms with van der Waals surface area (Å²) in [6, 6.07) is 2.19. The Hall–Kier alpha value is -1.75. The molecule has 0 saturated heterocycles. The van der Waals surface area contributed by atoms with Crippen molar-refractivity contribution < 1.29 is 23.4 Å². The molecule has 0 spiro atoms. The van der Waals surface area contributed by atoms with Crippen molar-refractivity contribution in [1.29, 1.82) is 0 Å². The van der Waals surface area contributed by atoms with E-state index >= 15 is 0 Å². The third-order valence-corrected chi connectivity index (χ3v) is 2.22. The van der Waals surface area contributed by atoms with Gasteiger partial charge in [0.15, 0.2) is 0 Å². The van der Waals surface area contributed by atoms with Crippen molar-refractivity contribution in [3.05, 3.63) is 41.0 Å². The van der Waals surface area contributed by atoms with E-state index in [1.54, 1.807) is 6.92 Å². The van der Waals surface area contributed by atoms with Crippen LogP contribution in [0.15, 0.2) is 18.2 Å². The quantitative estimate of drug-likeness (QED) is 0.823. The van der Waals surface area contributed by atoms with Gasteiger partial charge in [0.2, 0.25) is 0 Å². The normalized spacial score (nSPS) is 10.9. The second-order valence-electron chi connectivity index (χ2n) is 3.53. The highest BCUT2D eigenvalue weighted by Gasteiger charge is 2.08. The molecule has 0 fully saturated rings. The van der Waals surface area contributed by atoms with Crippen molar-refractivity contribution in [2.45, 2.75) is 20.0 Å². The minimum atomic E-state index is -0.812. The second kappa shape index (κ2) is 6.86. The molecule has 1 N–H and O–H groups in total. The van der Waals surface area contributed by atoms with Crippen LogP contribution >= 0.6 is 0 Å². The number of halogens is 2. The average Bonchev–Trinajstić information content (AvgIpc) is 2.29. The Morgan fingerprint density at radius 1 is 1.39 bits per heavy atom. The zero-order chi connectivity index (χ0) is 13.5. The highest BCUT2D eigenvalue weighted by Crippen LogP contribution is 2.16. The lowest BCUT2D eigenvalue weighted by Crippen LogP contribution is -2.01. The van der Waals surface area contributed by atoms with Crippen LogP contribution in [0.3, 0.4) is 0 Å². The summed E-state index contributed by atoms with van der Waals surface area (Å²) in [5, 5.41) is 8.74. The van der Waals surface area contributed by atoms with Gasteiger partial charge in [-0.05, 0) is 24.6 Å². The lowest BCUT2D eigenvalue weighted by atomic mass is 10.1. The predicted octanol–water partition coefficient (Wildman–Crippen LogP) is 2.42. The average molecular weight is 256 g/mol. The molecule has 0 atom stereocenters. The summed E-state index contributed by atoms with van der Waals surface area (Å²) >= 11 is 0. The van der Waals surface area contributed by atoms with Gasteiger partial charge in [0.05, 0.1) is 19.6 Å². The molecule has 98 valence electrons. The Morgan fingerprint density at radius 2 is 2.00 bits per heavy atom. The molecule has 1 aromatic rings. The van der Waals surface area contributed by atoms with Crippen LogP contribution in [0.25, 0.3) is 6.08 Å². The van der Waals surface area contributed by atoms with E-state index in [9.17, 15) is 13.6 Å². The topological polar surface area (TPSA) is 46.5 Å².